The van der Waals surface area contributed by atoms with Crippen molar-refractivity contribution in [2.24, 2.45) is 11.0 Å². The van der Waals surface area contributed by atoms with Crippen molar-refractivity contribution in [1.29, 1.82) is 0 Å². The Labute approximate surface area is 181 Å². The van der Waals surface area contributed by atoms with Gasteiger partial charge in [-0.25, -0.2) is 9.29 Å². The van der Waals surface area contributed by atoms with Crippen molar-refractivity contribution < 1.29 is 18.9 Å². The molecule has 3 aromatic carbocycles. The summed E-state index contributed by atoms with van der Waals surface area (Å²) < 4.78 is 14.5. The summed E-state index contributed by atoms with van der Waals surface area (Å²) in [4.78, 5) is 38.1. The van der Waals surface area contributed by atoms with Crippen molar-refractivity contribution >= 4 is 34.6 Å². The van der Waals surface area contributed by atoms with Crippen LogP contribution in [0.5, 0.6) is 0 Å². The number of nitro benzene ring substituents is 1. The topological polar surface area (TPSA) is 96.1 Å². The van der Waals surface area contributed by atoms with E-state index < -0.39 is 34.5 Å². The zero-order chi connectivity index (χ0) is 22.4. The second-order valence-electron chi connectivity index (χ2n) is 7.36. The molecule has 2 aliphatic rings. The molecule has 2 heterocycles. The van der Waals surface area contributed by atoms with Gasteiger partial charge in [0.1, 0.15) is 17.8 Å². The minimum absolute atomic E-state index is 0.106. The third-order valence-electron chi connectivity index (χ3n) is 5.54. The Morgan fingerprint density at radius 2 is 1.53 bits per heavy atom. The third-order valence-corrected chi connectivity index (χ3v) is 5.54. The van der Waals surface area contributed by atoms with Gasteiger partial charge in [-0.1, -0.05) is 30.3 Å². The second kappa shape index (κ2) is 7.38. The number of carbonyl (C=O) groups is 2. The highest BCUT2D eigenvalue weighted by molar-refractivity contribution is 6.34. The van der Waals surface area contributed by atoms with E-state index in [-0.39, 0.29) is 11.4 Å². The Balaban J connectivity index is 1.63. The van der Waals surface area contributed by atoms with Gasteiger partial charge in [-0.15, -0.1) is 0 Å². The van der Waals surface area contributed by atoms with Crippen LogP contribution in [0.15, 0.2) is 84.0 Å². The lowest BCUT2D eigenvalue weighted by atomic mass is 9.92. The number of carbonyl (C=O) groups excluding carboxylic acids is 2. The lowest BCUT2D eigenvalue weighted by molar-refractivity contribution is -0.384. The van der Waals surface area contributed by atoms with Crippen LogP contribution in [0.2, 0.25) is 0 Å². The van der Waals surface area contributed by atoms with E-state index in [0.717, 1.165) is 4.90 Å². The number of nitro groups is 1. The molecule has 32 heavy (non-hydrogen) atoms. The van der Waals surface area contributed by atoms with Crippen molar-refractivity contribution in [2.45, 2.75) is 6.04 Å². The number of amides is 2. The number of nitrogens with zero attached hydrogens (tertiary/aromatic N) is 4. The predicted molar refractivity (Wildman–Crippen MR) is 115 cm³/mol. The molecule has 0 N–H and O–H groups in total. The van der Waals surface area contributed by atoms with E-state index in [9.17, 15) is 24.1 Å². The summed E-state index contributed by atoms with van der Waals surface area (Å²) in [6.07, 6.45) is 0. The maximum absolute atomic E-state index is 14.5. The molecule has 5 rings (SSSR count). The van der Waals surface area contributed by atoms with Crippen LogP contribution in [-0.4, -0.2) is 28.5 Å². The standard InChI is InChI=1S/C23H15FN4O4/c24-17-8-4-5-9-18(17)26-22(29)19-20(14-10-12-16(13-11-14)28(31)32)25-27(21(19)23(26)30)15-6-2-1-3-7-15/h1-13,19,21H/t19-,21-/m0/s1. The molecule has 9 heteroatoms. The molecular formula is C23H15FN4O4. The molecule has 3 aromatic rings. The molecule has 0 unspecified atom stereocenters. The molecule has 2 atom stereocenters. The molecule has 2 amide bonds. The maximum atomic E-state index is 14.5. The minimum Gasteiger partial charge on any atom is -0.273 e. The fourth-order valence-electron chi connectivity index (χ4n) is 4.07. The van der Waals surface area contributed by atoms with Crippen LogP contribution in [0.1, 0.15) is 5.56 Å². The average molecular weight is 430 g/mol. The van der Waals surface area contributed by atoms with E-state index >= 15 is 0 Å². The zero-order valence-electron chi connectivity index (χ0n) is 16.5. The zero-order valence-corrected chi connectivity index (χ0v) is 16.5. The number of hydrazone groups is 1. The number of halogens is 1. The number of fused-ring (bicyclic) bond motifs is 1. The van der Waals surface area contributed by atoms with E-state index in [1.165, 1.54) is 47.5 Å². The minimum atomic E-state index is -0.991. The Kier molecular flexibility index (Phi) is 4.51. The lowest BCUT2D eigenvalue weighted by Crippen LogP contribution is -2.39. The highest BCUT2D eigenvalue weighted by atomic mass is 19.1. The maximum Gasteiger partial charge on any atom is 0.269 e. The van der Waals surface area contributed by atoms with Crippen molar-refractivity contribution in [1.82, 2.24) is 0 Å². The average Bonchev–Trinajstić information content (AvgIpc) is 3.32. The lowest BCUT2D eigenvalue weighted by Gasteiger charge is -2.22. The van der Waals surface area contributed by atoms with Gasteiger partial charge >= 0.3 is 0 Å². The van der Waals surface area contributed by atoms with Crippen LogP contribution >= 0.6 is 0 Å². The van der Waals surface area contributed by atoms with Gasteiger partial charge in [0.2, 0.25) is 5.91 Å². The Bertz CT molecular complexity index is 1280. The van der Waals surface area contributed by atoms with Gasteiger partial charge < -0.3 is 0 Å². The largest absolute Gasteiger partial charge is 0.273 e. The molecule has 0 spiro atoms. The summed E-state index contributed by atoms with van der Waals surface area (Å²) in [7, 11) is 0. The smallest absolute Gasteiger partial charge is 0.269 e. The van der Waals surface area contributed by atoms with Crippen LogP contribution < -0.4 is 9.91 Å². The van der Waals surface area contributed by atoms with Crippen molar-refractivity contribution in [3.05, 3.63) is 100 Å². The van der Waals surface area contributed by atoms with Crippen LogP contribution in [0.4, 0.5) is 21.5 Å². The van der Waals surface area contributed by atoms with Gasteiger partial charge in [0.25, 0.3) is 11.6 Å². The molecule has 2 aliphatic heterocycles. The van der Waals surface area contributed by atoms with E-state index in [1.807, 2.05) is 6.07 Å². The van der Waals surface area contributed by atoms with Crippen molar-refractivity contribution in [2.75, 3.05) is 9.91 Å². The van der Waals surface area contributed by atoms with Gasteiger partial charge in [-0.05, 0) is 42.0 Å². The molecule has 158 valence electrons. The Hall–Kier alpha value is -4.40. The molecule has 0 saturated carbocycles. The molecule has 1 saturated heterocycles. The number of hydrogen-bond donors (Lipinski definition) is 0. The fourth-order valence-corrected chi connectivity index (χ4v) is 4.07. The molecule has 1 fully saturated rings. The highest BCUT2D eigenvalue weighted by Crippen LogP contribution is 2.39. The fraction of sp³-hybridized carbons (Fsp3) is 0.0870. The first-order valence-electron chi connectivity index (χ1n) is 9.77. The summed E-state index contributed by atoms with van der Waals surface area (Å²) in [6, 6.07) is 19.1. The number of non-ortho nitro benzene ring substituents is 1. The third kappa shape index (κ3) is 2.94. The van der Waals surface area contributed by atoms with Gasteiger partial charge in [0, 0.05) is 12.1 Å². The van der Waals surface area contributed by atoms with Gasteiger partial charge in [0.15, 0.2) is 0 Å². The van der Waals surface area contributed by atoms with Crippen LogP contribution in [0.25, 0.3) is 0 Å². The predicted octanol–water partition coefficient (Wildman–Crippen LogP) is 3.52. The van der Waals surface area contributed by atoms with Crippen LogP contribution in [-0.2, 0) is 9.59 Å². The summed E-state index contributed by atoms with van der Waals surface area (Å²) in [6.45, 7) is 0. The van der Waals surface area contributed by atoms with Gasteiger partial charge in [-0.2, -0.15) is 5.10 Å². The summed E-state index contributed by atoms with van der Waals surface area (Å²) in [5.74, 6) is -2.85. The molecule has 8 nitrogen and oxygen atoms in total. The number of hydrogen-bond acceptors (Lipinski definition) is 6. The summed E-state index contributed by atoms with van der Waals surface area (Å²) in [5.41, 5.74) is 1.14. The monoisotopic (exact) mass is 430 g/mol. The van der Waals surface area contributed by atoms with Gasteiger partial charge in [-0.3, -0.25) is 24.7 Å². The summed E-state index contributed by atoms with van der Waals surface area (Å²) >= 11 is 0. The quantitative estimate of drug-likeness (QED) is 0.359. The number of rotatable bonds is 4. The molecule has 0 bridgehead atoms. The van der Waals surface area contributed by atoms with E-state index in [0.29, 0.717) is 17.0 Å². The molecule has 0 aliphatic carbocycles. The molecular weight excluding hydrogens is 415 g/mol. The van der Waals surface area contributed by atoms with Gasteiger partial charge in [0.05, 0.1) is 22.0 Å². The van der Waals surface area contributed by atoms with Crippen LogP contribution in [0.3, 0.4) is 0 Å². The highest BCUT2D eigenvalue weighted by Gasteiger charge is 2.57. The SMILES string of the molecule is O=C1[C@H]2C(c3ccc([N+](=O)[O-])cc3)=NN(c3ccccc3)[C@@H]2C(=O)N1c1ccccc1F. The van der Waals surface area contributed by atoms with E-state index in [4.69, 9.17) is 0 Å². The second-order valence-corrected chi connectivity index (χ2v) is 7.36. The Morgan fingerprint density at radius 1 is 0.875 bits per heavy atom. The molecule has 0 aromatic heterocycles. The summed E-state index contributed by atoms with van der Waals surface area (Å²) in [5, 5.41) is 17.0. The molecule has 0 radical (unpaired) electrons. The van der Waals surface area contributed by atoms with E-state index in [1.54, 1.807) is 30.3 Å². The number of para-hydroxylation sites is 2. The first-order valence-corrected chi connectivity index (χ1v) is 9.77. The first-order chi connectivity index (χ1) is 15.5. The normalized spacial score (nSPS) is 19.8. The number of anilines is 2. The van der Waals surface area contributed by atoms with Crippen molar-refractivity contribution in [3.8, 4) is 0 Å². The van der Waals surface area contributed by atoms with E-state index in [2.05, 4.69) is 5.10 Å². The van der Waals surface area contributed by atoms with Crippen molar-refractivity contribution in [3.63, 3.8) is 0 Å². The Morgan fingerprint density at radius 3 is 2.19 bits per heavy atom. The first kappa shape index (κ1) is 19.6. The number of benzene rings is 3. The van der Waals surface area contributed by atoms with Crippen LogP contribution in [0, 0.1) is 21.8 Å². The number of imide groups is 1.